The van der Waals surface area contributed by atoms with Gasteiger partial charge in [-0.05, 0) is 52.9 Å². The number of aromatic nitrogens is 1. The molecule has 1 aliphatic rings. The van der Waals surface area contributed by atoms with E-state index in [-0.39, 0.29) is 0 Å². The van der Waals surface area contributed by atoms with Gasteiger partial charge in [0.25, 0.3) is 0 Å². The van der Waals surface area contributed by atoms with Crippen molar-refractivity contribution in [1.29, 1.82) is 0 Å². The molecule has 0 saturated carbocycles. The van der Waals surface area contributed by atoms with E-state index in [0.29, 0.717) is 12.5 Å². The Morgan fingerprint density at radius 3 is 3.12 bits per heavy atom. The largest absolute Gasteiger partial charge is 0.376 e. The van der Waals surface area contributed by atoms with Crippen molar-refractivity contribution in [2.24, 2.45) is 5.92 Å². The van der Waals surface area contributed by atoms with Gasteiger partial charge in [-0.3, -0.25) is 0 Å². The molecule has 16 heavy (non-hydrogen) atoms. The minimum absolute atomic E-state index is 0.663. The average Bonchev–Trinajstić information content (AvgIpc) is 2.33. The lowest BCUT2D eigenvalue weighted by Gasteiger charge is -2.22. The molecular weight excluding hydrogens is 268 g/mol. The topological polar surface area (TPSA) is 34.1 Å². The van der Waals surface area contributed by atoms with Crippen LogP contribution in [0.3, 0.4) is 0 Å². The second-order valence-electron chi connectivity index (χ2n) is 4.22. The lowest BCUT2D eigenvalue weighted by molar-refractivity contribution is 0.0781. The van der Waals surface area contributed by atoms with Gasteiger partial charge in [-0.25, -0.2) is 4.98 Å². The number of halogens is 1. The van der Waals surface area contributed by atoms with Crippen LogP contribution in [0.5, 0.6) is 0 Å². The van der Waals surface area contributed by atoms with E-state index in [1.54, 1.807) is 0 Å². The molecular formula is C12H17BrN2O. The van der Waals surface area contributed by atoms with Gasteiger partial charge in [-0.2, -0.15) is 0 Å². The molecule has 0 aliphatic carbocycles. The van der Waals surface area contributed by atoms with Crippen molar-refractivity contribution >= 4 is 15.9 Å². The number of rotatable bonds is 4. The predicted octanol–water partition coefficient (Wildman–Crippen LogP) is 2.36. The second kappa shape index (κ2) is 6.33. The fraction of sp³-hybridized carbons (Fsp3) is 0.583. The normalized spacial score (nSPS) is 20.9. The third-order valence-electron chi connectivity index (χ3n) is 2.81. The molecule has 0 aromatic carbocycles. The van der Waals surface area contributed by atoms with Gasteiger partial charge < -0.3 is 10.1 Å². The Bertz CT molecular complexity index is 309. The summed E-state index contributed by atoms with van der Waals surface area (Å²) in [6.45, 7) is 3.77. The first-order chi connectivity index (χ1) is 7.84. The number of ether oxygens (including phenoxy) is 1. The zero-order chi connectivity index (χ0) is 11.2. The number of nitrogens with zero attached hydrogens (tertiary/aromatic N) is 1. The summed E-state index contributed by atoms with van der Waals surface area (Å²) in [6, 6.07) is 3.98. The first kappa shape index (κ1) is 12.0. The highest BCUT2D eigenvalue weighted by Crippen LogP contribution is 2.12. The van der Waals surface area contributed by atoms with Gasteiger partial charge in [0.2, 0.25) is 0 Å². The van der Waals surface area contributed by atoms with Crippen molar-refractivity contribution in [3.63, 3.8) is 0 Å². The van der Waals surface area contributed by atoms with Gasteiger partial charge in [0.1, 0.15) is 4.60 Å². The molecule has 4 heteroatoms. The maximum atomic E-state index is 5.70. The van der Waals surface area contributed by atoms with Crippen molar-refractivity contribution in [1.82, 2.24) is 10.3 Å². The fourth-order valence-electron chi connectivity index (χ4n) is 1.90. The zero-order valence-electron chi connectivity index (χ0n) is 9.29. The van der Waals surface area contributed by atoms with E-state index in [0.717, 1.165) is 29.9 Å². The molecule has 2 heterocycles. The van der Waals surface area contributed by atoms with E-state index in [1.165, 1.54) is 12.8 Å². The van der Waals surface area contributed by atoms with Crippen LogP contribution < -0.4 is 5.32 Å². The molecule has 1 aromatic rings. The van der Waals surface area contributed by atoms with Crippen LogP contribution in [-0.2, 0) is 11.3 Å². The van der Waals surface area contributed by atoms with Gasteiger partial charge in [0.15, 0.2) is 0 Å². The number of hydrogen-bond donors (Lipinski definition) is 1. The molecule has 0 radical (unpaired) electrons. The third-order valence-corrected chi connectivity index (χ3v) is 3.28. The molecule has 0 unspecified atom stereocenters. The smallest absolute Gasteiger partial charge is 0.106 e. The van der Waals surface area contributed by atoms with Crippen LogP contribution in [0.2, 0.25) is 0 Å². The highest BCUT2D eigenvalue weighted by molar-refractivity contribution is 9.10. The number of piperidine rings is 1. The molecule has 88 valence electrons. The Morgan fingerprint density at radius 1 is 1.50 bits per heavy atom. The summed E-state index contributed by atoms with van der Waals surface area (Å²) in [7, 11) is 0. The summed E-state index contributed by atoms with van der Waals surface area (Å²) >= 11 is 3.32. The van der Waals surface area contributed by atoms with E-state index >= 15 is 0 Å². The van der Waals surface area contributed by atoms with Crippen LogP contribution in [0, 0.1) is 5.92 Å². The molecule has 1 atom stereocenters. The van der Waals surface area contributed by atoms with E-state index in [4.69, 9.17) is 4.74 Å². The first-order valence-electron chi connectivity index (χ1n) is 5.73. The van der Waals surface area contributed by atoms with Gasteiger partial charge >= 0.3 is 0 Å². The van der Waals surface area contributed by atoms with E-state index in [1.807, 2.05) is 18.3 Å². The highest BCUT2D eigenvalue weighted by Gasteiger charge is 2.12. The molecule has 1 saturated heterocycles. The fourth-order valence-corrected chi connectivity index (χ4v) is 2.14. The van der Waals surface area contributed by atoms with Crippen LogP contribution in [0.4, 0.5) is 0 Å². The Morgan fingerprint density at radius 2 is 2.44 bits per heavy atom. The molecule has 2 rings (SSSR count). The summed E-state index contributed by atoms with van der Waals surface area (Å²) in [5.41, 5.74) is 1.13. The summed E-state index contributed by atoms with van der Waals surface area (Å²) in [6.07, 6.45) is 4.41. The van der Waals surface area contributed by atoms with Gasteiger partial charge in [-0.15, -0.1) is 0 Å². The molecule has 1 N–H and O–H groups in total. The summed E-state index contributed by atoms with van der Waals surface area (Å²) in [5, 5.41) is 3.39. The quantitative estimate of drug-likeness (QED) is 0.862. The van der Waals surface area contributed by atoms with Crippen molar-refractivity contribution in [3.8, 4) is 0 Å². The van der Waals surface area contributed by atoms with Crippen LogP contribution in [-0.4, -0.2) is 24.7 Å². The molecule has 0 amide bonds. The SMILES string of the molecule is Brc1ccc(COC[C@@H]2CCCNC2)cn1. The number of nitrogens with one attached hydrogen (secondary N) is 1. The van der Waals surface area contributed by atoms with Crippen LogP contribution in [0.1, 0.15) is 18.4 Å². The minimum atomic E-state index is 0.663. The molecule has 1 aliphatic heterocycles. The number of pyridine rings is 1. The summed E-state index contributed by atoms with van der Waals surface area (Å²) in [5.74, 6) is 0.678. The monoisotopic (exact) mass is 284 g/mol. The number of hydrogen-bond acceptors (Lipinski definition) is 3. The van der Waals surface area contributed by atoms with Crippen molar-refractivity contribution < 1.29 is 4.74 Å². The lowest BCUT2D eigenvalue weighted by Crippen LogP contribution is -2.32. The van der Waals surface area contributed by atoms with E-state index < -0.39 is 0 Å². The maximum absolute atomic E-state index is 5.70. The minimum Gasteiger partial charge on any atom is -0.376 e. The molecule has 1 aromatic heterocycles. The maximum Gasteiger partial charge on any atom is 0.106 e. The highest BCUT2D eigenvalue weighted by atomic mass is 79.9. The lowest BCUT2D eigenvalue weighted by atomic mass is 10.0. The Labute approximate surface area is 105 Å². The van der Waals surface area contributed by atoms with Crippen molar-refractivity contribution in [2.75, 3.05) is 19.7 Å². The summed E-state index contributed by atoms with van der Waals surface area (Å²) in [4.78, 5) is 4.17. The standard InChI is InChI=1S/C12H17BrN2O/c13-12-4-3-11(7-15-12)9-16-8-10-2-1-5-14-6-10/h3-4,7,10,14H,1-2,5-6,8-9H2/t10-/m1/s1. The predicted molar refractivity (Wildman–Crippen MR) is 67.2 cm³/mol. The Kier molecular flexibility index (Phi) is 4.75. The van der Waals surface area contributed by atoms with Crippen molar-refractivity contribution in [3.05, 3.63) is 28.5 Å². The average molecular weight is 285 g/mol. The van der Waals surface area contributed by atoms with E-state index in [9.17, 15) is 0 Å². The van der Waals surface area contributed by atoms with Gasteiger partial charge in [0.05, 0.1) is 13.2 Å². The van der Waals surface area contributed by atoms with Gasteiger partial charge in [0, 0.05) is 12.7 Å². The van der Waals surface area contributed by atoms with Gasteiger partial charge in [-0.1, -0.05) is 6.07 Å². The Balaban J connectivity index is 1.69. The van der Waals surface area contributed by atoms with Crippen LogP contribution in [0.15, 0.2) is 22.9 Å². The zero-order valence-corrected chi connectivity index (χ0v) is 10.9. The van der Waals surface area contributed by atoms with Crippen LogP contribution >= 0.6 is 15.9 Å². The first-order valence-corrected chi connectivity index (χ1v) is 6.53. The molecule has 0 spiro atoms. The van der Waals surface area contributed by atoms with Crippen molar-refractivity contribution in [2.45, 2.75) is 19.4 Å². The molecule has 3 nitrogen and oxygen atoms in total. The van der Waals surface area contributed by atoms with Crippen LogP contribution in [0.25, 0.3) is 0 Å². The summed E-state index contributed by atoms with van der Waals surface area (Å²) < 4.78 is 6.57. The molecule has 0 bridgehead atoms. The molecule has 1 fully saturated rings. The van der Waals surface area contributed by atoms with E-state index in [2.05, 4.69) is 26.2 Å². The Hall–Kier alpha value is -0.450. The third kappa shape index (κ3) is 3.85. The second-order valence-corrected chi connectivity index (χ2v) is 5.03.